The number of furan rings is 1. The third kappa shape index (κ3) is 4.70. The molecule has 134 valence electrons. The Morgan fingerprint density at radius 2 is 1.77 bits per heavy atom. The molecule has 3 aromatic rings. The molecule has 1 heterocycles. The van der Waals surface area contributed by atoms with Crippen molar-refractivity contribution in [2.75, 3.05) is 0 Å². The van der Waals surface area contributed by atoms with E-state index >= 15 is 0 Å². The average Bonchev–Trinajstić information content (AvgIpc) is 3.09. The van der Waals surface area contributed by atoms with E-state index in [1.807, 2.05) is 62.4 Å². The first-order valence-electron chi connectivity index (χ1n) is 8.39. The van der Waals surface area contributed by atoms with E-state index in [1.165, 1.54) is 5.56 Å². The predicted octanol–water partition coefficient (Wildman–Crippen LogP) is 4.13. The Labute approximate surface area is 155 Å². The fourth-order valence-corrected chi connectivity index (χ4v) is 3.65. The molecular weight excluding hydrogens is 346 g/mol. The number of aryl methyl sites for hydroxylation is 2. The maximum Gasteiger partial charge on any atom is 0.287 e. The smallest absolute Gasteiger partial charge is 0.287 e. The average molecular weight is 367 g/mol. The fraction of sp³-hybridized carbons (Fsp3) is 0.190. The zero-order chi connectivity index (χ0) is 18.5. The molecule has 0 aliphatic carbocycles. The first kappa shape index (κ1) is 18.1. The maximum atomic E-state index is 12.4. The van der Waals surface area contributed by atoms with Crippen LogP contribution in [0.25, 0.3) is 0 Å². The molecule has 0 bridgehead atoms. The summed E-state index contributed by atoms with van der Waals surface area (Å²) in [4.78, 5) is 13.0. The highest BCUT2D eigenvalue weighted by Crippen LogP contribution is 2.16. The molecule has 0 aliphatic heterocycles. The van der Waals surface area contributed by atoms with E-state index in [9.17, 15) is 9.00 Å². The van der Waals surface area contributed by atoms with Crippen LogP contribution in [0.2, 0.25) is 0 Å². The first-order valence-corrected chi connectivity index (χ1v) is 9.70. The Hall–Kier alpha value is -2.66. The molecule has 0 saturated carbocycles. The highest BCUT2D eigenvalue weighted by atomic mass is 32.2. The topological polar surface area (TPSA) is 59.3 Å². The first-order chi connectivity index (χ1) is 12.5. The minimum atomic E-state index is -1.21. The van der Waals surface area contributed by atoms with Crippen LogP contribution in [0, 0.1) is 13.8 Å². The van der Waals surface area contributed by atoms with Crippen molar-refractivity contribution in [2.45, 2.75) is 31.0 Å². The standard InChI is InChI=1S/C21H21NO3S/c1-15-6-8-17(9-7-15)13-22-21(23)20-11-10-18(25-20)14-26(24)19-5-3-4-16(2)12-19/h3-12H,13-14H2,1-2H3,(H,22,23)/t26-/m0/s1. The summed E-state index contributed by atoms with van der Waals surface area (Å²) < 4.78 is 18.0. The van der Waals surface area contributed by atoms with Crippen molar-refractivity contribution < 1.29 is 13.4 Å². The Kier molecular flexibility index (Phi) is 5.68. The number of hydrogen-bond acceptors (Lipinski definition) is 3. The number of nitrogens with one attached hydrogen (secondary N) is 1. The number of carbonyl (C=O) groups excluding carboxylic acids is 1. The van der Waals surface area contributed by atoms with Crippen LogP contribution in [-0.4, -0.2) is 10.1 Å². The van der Waals surface area contributed by atoms with Gasteiger partial charge in [-0.05, 0) is 49.2 Å². The number of rotatable bonds is 6. The minimum absolute atomic E-state index is 0.230. The lowest BCUT2D eigenvalue weighted by molar-refractivity contribution is 0.0921. The third-order valence-corrected chi connectivity index (χ3v) is 5.31. The lowest BCUT2D eigenvalue weighted by Gasteiger charge is -2.04. The molecule has 3 rings (SSSR count). The third-order valence-electron chi connectivity index (χ3n) is 3.98. The Balaban J connectivity index is 1.59. The van der Waals surface area contributed by atoms with Crippen LogP contribution >= 0.6 is 0 Å². The van der Waals surface area contributed by atoms with Gasteiger partial charge in [-0.2, -0.15) is 0 Å². The monoisotopic (exact) mass is 367 g/mol. The van der Waals surface area contributed by atoms with E-state index in [0.29, 0.717) is 12.3 Å². The maximum absolute atomic E-state index is 12.4. The van der Waals surface area contributed by atoms with E-state index in [0.717, 1.165) is 16.0 Å². The molecule has 1 atom stereocenters. The number of amides is 1. The molecule has 4 nitrogen and oxygen atoms in total. The summed E-state index contributed by atoms with van der Waals surface area (Å²) >= 11 is 0. The van der Waals surface area contributed by atoms with Gasteiger partial charge in [0.05, 0.1) is 16.6 Å². The molecule has 1 N–H and O–H groups in total. The summed E-state index contributed by atoms with van der Waals surface area (Å²) in [6.45, 7) is 4.42. The van der Waals surface area contributed by atoms with Crippen molar-refractivity contribution in [2.24, 2.45) is 0 Å². The van der Waals surface area contributed by atoms with Gasteiger partial charge in [0.1, 0.15) is 5.76 Å². The fourth-order valence-electron chi connectivity index (χ4n) is 2.52. The van der Waals surface area contributed by atoms with Gasteiger partial charge in [-0.1, -0.05) is 42.0 Å². The van der Waals surface area contributed by atoms with Crippen LogP contribution in [0.5, 0.6) is 0 Å². The molecule has 0 spiro atoms. The van der Waals surface area contributed by atoms with Crippen molar-refractivity contribution in [3.8, 4) is 0 Å². The van der Waals surface area contributed by atoms with Gasteiger partial charge in [0.2, 0.25) is 0 Å². The Morgan fingerprint density at radius 1 is 1.00 bits per heavy atom. The largest absolute Gasteiger partial charge is 0.455 e. The summed E-state index contributed by atoms with van der Waals surface area (Å²) in [6.07, 6.45) is 0. The van der Waals surface area contributed by atoms with Crippen molar-refractivity contribution in [3.63, 3.8) is 0 Å². The van der Waals surface area contributed by atoms with E-state index in [4.69, 9.17) is 4.42 Å². The molecule has 0 unspecified atom stereocenters. The van der Waals surface area contributed by atoms with Crippen LogP contribution in [0.3, 0.4) is 0 Å². The lowest BCUT2D eigenvalue weighted by atomic mass is 10.1. The van der Waals surface area contributed by atoms with Crippen molar-refractivity contribution in [3.05, 3.63) is 88.9 Å². The van der Waals surface area contributed by atoms with E-state index < -0.39 is 10.8 Å². The molecule has 1 aromatic heterocycles. The number of hydrogen-bond donors (Lipinski definition) is 1. The van der Waals surface area contributed by atoms with Crippen LogP contribution in [0.15, 0.2) is 70.0 Å². The summed E-state index contributed by atoms with van der Waals surface area (Å²) in [5.74, 6) is 0.728. The molecule has 5 heteroatoms. The summed E-state index contributed by atoms with van der Waals surface area (Å²) in [6, 6.07) is 18.9. The second-order valence-electron chi connectivity index (χ2n) is 6.24. The summed E-state index contributed by atoms with van der Waals surface area (Å²) in [7, 11) is -1.21. The normalized spacial score (nSPS) is 11.9. The number of carbonyl (C=O) groups is 1. The summed E-state index contributed by atoms with van der Waals surface area (Å²) in [5.41, 5.74) is 3.26. The lowest BCUT2D eigenvalue weighted by Crippen LogP contribution is -2.22. The molecule has 0 radical (unpaired) electrons. The molecule has 0 saturated heterocycles. The zero-order valence-electron chi connectivity index (χ0n) is 14.8. The van der Waals surface area contributed by atoms with Gasteiger partial charge < -0.3 is 9.73 Å². The van der Waals surface area contributed by atoms with Crippen LogP contribution in [-0.2, 0) is 23.1 Å². The molecule has 1 amide bonds. The Morgan fingerprint density at radius 3 is 2.50 bits per heavy atom. The van der Waals surface area contributed by atoms with Crippen LogP contribution in [0.1, 0.15) is 33.0 Å². The molecular formula is C21H21NO3S. The van der Waals surface area contributed by atoms with Gasteiger partial charge in [-0.3, -0.25) is 9.00 Å². The zero-order valence-corrected chi connectivity index (χ0v) is 15.6. The van der Waals surface area contributed by atoms with Crippen molar-refractivity contribution in [1.82, 2.24) is 5.32 Å². The highest BCUT2D eigenvalue weighted by molar-refractivity contribution is 7.84. The van der Waals surface area contributed by atoms with E-state index in [1.54, 1.807) is 12.1 Å². The quantitative estimate of drug-likeness (QED) is 0.712. The number of benzene rings is 2. The second kappa shape index (κ2) is 8.15. The molecule has 2 aromatic carbocycles. The highest BCUT2D eigenvalue weighted by Gasteiger charge is 2.13. The molecule has 0 aliphatic rings. The molecule has 0 fully saturated rings. The van der Waals surface area contributed by atoms with Gasteiger partial charge in [0.25, 0.3) is 5.91 Å². The van der Waals surface area contributed by atoms with E-state index in [2.05, 4.69) is 5.32 Å². The second-order valence-corrected chi connectivity index (χ2v) is 7.69. The van der Waals surface area contributed by atoms with Crippen molar-refractivity contribution in [1.29, 1.82) is 0 Å². The van der Waals surface area contributed by atoms with Gasteiger partial charge in [-0.25, -0.2) is 0 Å². The van der Waals surface area contributed by atoms with Crippen molar-refractivity contribution >= 4 is 16.7 Å². The van der Waals surface area contributed by atoms with Gasteiger partial charge >= 0.3 is 0 Å². The molecule has 26 heavy (non-hydrogen) atoms. The van der Waals surface area contributed by atoms with E-state index in [-0.39, 0.29) is 17.4 Å². The predicted molar refractivity (Wildman–Crippen MR) is 102 cm³/mol. The SMILES string of the molecule is Cc1ccc(CNC(=O)c2ccc(C[S@](=O)c3cccc(C)c3)o2)cc1. The van der Waals surface area contributed by atoms with Crippen LogP contribution in [0.4, 0.5) is 0 Å². The summed E-state index contributed by atoms with van der Waals surface area (Å²) in [5, 5.41) is 2.83. The van der Waals surface area contributed by atoms with Gasteiger partial charge in [0.15, 0.2) is 5.76 Å². The van der Waals surface area contributed by atoms with Gasteiger partial charge in [0, 0.05) is 11.4 Å². The van der Waals surface area contributed by atoms with Gasteiger partial charge in [-0.15, -0.1) is 0 Å². The Bertz CT molecular complexity index is 928. The van der Waals surface area contributed by atoms with Crippen LogP contribution < -0.4 is 5.32 Å². The minimum Gasteiger partial charge on any atom is -0.455 e.